The van der Waals surface area contributed by atoms with Crippen LogP contribution in [0.2, 0.25) is 0 Å². The summed E-state index contributed by atoms with van der Waals surface area (Å²) >= 11 is 0. The lowest BCUT2D eigenvalue weighted by atomic mass is 10.1. The SMILES string of the molecule is COc1cc(C(=O)N2CCCN(Cc3ccccc3)CC2)cc(OC)c1C. The summed E-state index contributed by atoms with van der Waals surface area (Å²) in [6.07, 6.45) is 0.971. The van der Waals surface area contributed by atoms with Crippen molar-refractivity contribution in [2.75, 3.05) is 40.4 Å². The molecule has 0 radical (unpaired) electrons. The Kier molecular flexibility index (Phi) is 6.35. The minimum atomic E-state index is 0.0353. The Morgan fingerprint density at radius 1 is 0.963 bits per heavy atom. The van der Waals surface area contributed by atoms with Gasteiger partial charge in [-0.1, -0.05) is 30.3 Å². The third-order valence-electron chi connectivity index (χ3n) is 5.12. The summed E-state index contributed by atoms with van der Waals surface area (Å²) < 4.78 is 10.8. The van der Waals surface area contributed by atoms with Crippen molar-refractivity contribution in [3.05, 3.63) is 59.2 Å². The van der Waals surface area contributed by atoms with Gasteiger partial charge in [0.2, 0.25) is 0 Å². The molecule has 2 aromatic carbocycles. The topological polar surface area (TPSA) is 42.0 Å². The molecule has 5 heteroatoms. The molecular weight excluding hydrogens is 340 g/mol. The van der Waals surface area contributed by atoms with Gasteiger partial charge in [-0.05, 0) is 31.0 Å². The number of nitrogens with zero attached hydrogens (tertiary/aromatic N) is 2. The smallest absolute Gasteiger partial charge is 0.254 e. The van der Waals surface area contributed by atoms with Crippen molar-refractivity contribution < 1.29 is 14.3 Å². The predicted octanol–water partition coefficient (Wildman–Crippen LogP) is 3.36. The number of rotatable bonds is 5. The number of carbonyl (C=O) groups excluding carboxylic acids is 1. The van der Waals surface area contributed by atoms with Crippen LogP contribution in [-0.2, 0) is 6.54 Å². The maximum absolute atomic E-state index is 13.1. The molecule has 1 heterocycles. The Morgan fingerprint density at radius 3 is 2.26 bits per heavy atom. The van der Waals surface area contributed by atoms with Crippen LogP contribution in [0.25, 0.3) is 0 Å². The Morgan fingerprint density at radius 2 is 1.63 bits per heavy atom. The number of methoxy groups -OCH3 is 2. The molecule has 0 saturated carbocycles. The summed E-state index contributed by atoms with van der Waals surface area (Å²) in [5, 5.41) is 0. The first kappa shape index (κ1) is 19.2. The van der Waals surface area contributed by atoms with Crippen molar-refractivity contribution in [1.82, 2.24) is 9.80 Å². The maximum atomic E-state index is 13.1. The highest BCUT2D eigenvalue weighted by molar-refractivity contribution is 5.95. The molecular formula is C22H28N2O3. The van der Waals surface area contributed by atoms with Gasteiger partial charge in [0, 0.05) is 43.9 Å². The molecule has 5 nitrogen and oxygen atoms in total. The van der Waals surface area contributed by atoms with E-state index < -0.39 is 0 Å². The van der Waals surface area contributed by atoms with E-state index in [1.807, 2.05) is 30.0 Å². The van der Waals surface area contributed by atoms with Gasteiger partial charge < -0.3 is 14.4 Å². The normalized spacial score (nSPS) is 15.3. The summed E-state index contributed by atoms with van der Waals surface area (Å²) in [5.41, 5.74) is 2.83. The van der Waals surface area contributed by atoms with E-state index in [0.29, 0.717) is 17.1 Å². The van der Waals surface area contributed by atoms with Crippen LogP contribution in [0.1, 0.15) is 27.9 Å². The first-order chi connectivity index (χ1) is 13.1. The molecule has 0 atom stereocenters. The summed E-state index contributed by atoms with van der Waals surface area (Å²) in [7, 11) is 3.23. The molecule has 0 unspecified atom stereocenters. The van der Waals surface area contributed by atoms with Crippen molar-refractivity contribution in [2.24, 2.45) is 0 Å². The quantitative estimate of drug-likeness (QED) is 0.812. The zero-order chi connectivity index (χ0) is 19.2. The molecule has 2 aromatic rings. The van der Waals surface area contributed by atoms with Crippen LogP contribution < -0.4 is 9.47 Å². The van der Waals surface area contributed by atoms with E-state index in [4.69, 9.17) is 9.47 Å². The van der Waals surface area contributed by atoms with Crippen LogP contribution in [0, 0.1) is 6.92 Å². The summed E-state index contributed by atoms with van der Waals surface area (Å²) in [5.74, 6) is 1.39. The molecule has 27 heavy (non-hydrogen) atoms. The average Bonchev–Trinajstić information content (AvgIpc) is 2.94. The summed E-state index contributed by atoms with van der Waals surface area (Å²) in [4.78, 5) is 17.4. The highest BCUT2D eigenvalue weighted by Gasteiger charge is 2.22. The molecule has 1 aliphatic rings. The first-order valence-electron chi connectivity index (χ1n) is 9.40. The summed E-state index contributed by atoms with van der Waals surface area (Å²) in [6, 6.07) is 14.1. The molecule has 1 aliphatic heterocycles. The fourth-order valence-corrected chi connectivity index (χ4v) is 3.57. The van der Waals surface area contributed by atoms with Crippen molar-refractivity contribution in [3.8, 4) is 11.5 Å². The zero-order valence-corrected chi connectivity index (χ0v) is 16.4. The molecule has 0 spiro atoms. The highest BCUT2D eigenvalue weighted by atomic mass is 16.5. The molecule has 0 aliphatic carbocycles. The second kappa shape index (κ2) is 8.91. The molecule has 0 bridgehead atoms. The van der Waals surface area contributed by atoms with Crippen LogP contribution in [0.4, 0.5) is 0 Å². The van der Waals surface area contributed by atoms with Crippen LogP contribution >= 0.6 is 0 Å². The lowest BCUT2D eigenvalue weighted by Gasteiger charge is -2.23. The van der Waals surface area contributed by atoms with Gasteiger partial charge in [0.05, 0.1) is 14.2 Å². The third-order valence-corrected chi connectivity index (χ3v) is 5.12. The number of ether oxygens (including phenoxy) is 2. The van der Waals surface area contributed by atoms with Crippen LogP contribution in [0.3, 0.4) is 0 Å². The fraction of sp³-hybridized carbons (Fsp3) is 0.409. The van der Waals surface area contributed by atoms with E-state index in [2.05, 4.69) is 29.2 Å². The first-order valence-corrected chi connectivity index (χ1v) is 9.40. The van der Waals surface area contributed by atoms with E-state index in [-0.39, 0.29) is 5.91 Å². The van der Waals surface area contributed by atoms with Crippen molar-refractivity contribution >= 4 is 5.91 Å². The second-order valence-corrected chi connectivity index (χ2v) is 6.91. The van der Waals surface area contributed by atoms with Crippen molar-refractivity contribution in [1.29, 1.82) is 0 Å². The average molecular weight is 368 g/mol. The van der Waals surface area contributed by atoms with Crippen LogP contribution in [0.5, 0.6) is 11.5 Å². The Bertz CT molecular complexity index is 751. The van der Waals surface area contributed by atoms with Gasteiger partial charge in [0.15, 0.2) is 0 Å². The van der Waals surface area contributed by atoms with Gasteiger partial charge in [0.1, 0.15) is 11.5 Å². The second-order valence-electron chi connectivity index (χ2n) is 6.91. The van der Waals surface area contributed by atoms with E-state index in [1.54, 1.807) is 14.2 Å². The number of amides is 1. The minimum absolute atomic E-state index is 0.0353. The van der Waals surface area contributed by atoms with Gasteiger partial charge in [0.25, 0.3) is 5.91 Å². The highest BCUT2D eigenvalue weighted by Crippen LogP contribution is 2.30. The van der Waals surface area contributed by atoms with Crippen molar-refractivity contribution in [2.45, 2.75) is 19.9 Å². The lowest BCUT2D eigenvalue weighted by Crippen LogP contribution is -2.35. The monoisotopic (exact) mass is 368 g/mol. The number of carbonyl (C=O) groups is 1. The maximum Gasteiger partial charge on any atom is 0.254 e. The lowest BCUT2D eigenvalue weighted by molar-refractivity contribution is 0.0760. The molecule has 144 valence electrons. The molecule has 0 aromatic heterocycles. The predicted molar refractivity (Wildman–Crippen MR) is 107 cm³/mol. The molecule has 0 N–H and O–H groups in total. The number of hydrogen-bond acceptors (Lipinski definition) is 4. The largest absolute Gasteiger partial charge is 0.496 e. The minimum Gasteiger partial charge on any atom is -0.496 e. The van der Waals surface area contributed by atoms with Crippen LogP contribution in [0.15, 0.2) is 42.5 Å². The standard InChI is InChI=1S/C22H28N2O3/c1-17-20(26-2)14-19(15-21(17)27-3)22(25)24-11-7-10-23(12-13-24)16-18-8-5-4-6-9-18/h4-6,8-9,14-15H,7,10-13,16H2,1-3H3. The number of benzene rings is 2. The van der Waals surface area contributed by atoms with E-state index in [9.17, 15) is 4.79 Å². The van der Waals surface area contributed by atoms with E-state index in [1.165, 1.54) is 5.56 Å². The Balaban J connectivity index is 1.69. The summed E-state index contributed by atoms with van der Waals surface area (Å²) in [6.45, 7) is 6.22. The van der Waals surface area contributed by atoms with Gasteiger partial charge in [-0.15, -0.1) is 0 Å². The van der Waals surface area contributed by atoms with Crippen molar-refractivity contribution in [3.63, 3.8) is 0 Å². The van der Waals surface area contributed by atoms with Gasteiger partial charge in [-0.2, -0.15) is 0 Å². The Hall–Kier alpha value is -2.53. The van der Waals surface area contributed by atoms with Gasteiger partial charge in [-0.3, -0.25) is 9.69 Å². The molecule has 1 saturated heterocycles. The fourth-order valence-electron chi connectivity index (χ4n) is 3.57. The van der Waals surface area contributed by atoms with Crippen LogP contribution in [-0.4, -0.2) is 56.1 Å². The van der Waals surface area contributed by atoms with Gasteiger partial charge >= 0.3 is 0 Å². The Labute approximate surface area is 161 Å². The zero-order valence-electron chi connectivity index (χ0n) is 16.4. The molecule has 3 rings (SSSR count). The molecule has 1 fully saturated rings. The molecule has 1 amide bonds. The number of hydrogen-bond donors (Lipinski definition) is 0. The third kappa shape index (κ3) is 4.61. The van der Waals surface area contributed by atoms with E-state index >= 15 is 0 Å². The van der Waals surface area contributed by atoms with Gasteiger partial charge in [-0.25, -0.2) is 0 Å². The van der Waals surface area contributed by atoms with E-state index in [0.717, 1.165) is 44.7 Å².